The lowest BCUT2D eigenvalue weighted by Gasteiger charge is -2.46. The van der Waals surface area contributed by atoms with Crippen molar-refractivity contribution in [2.24, 2.45) is 16.7 Å². The molecule has 1 N–H and O–H groups in total. The highest BCUT2D eigenvalue weighted by atomic mass is 16.5. The normalized spacial score (nSPS) is 32.7. The van der Waals surface area contributed by atoms with Gasteiger partial charge in [-0.05, 0) is 54.1 Å². The highest BCUT2D eigenvalue weighted by Crippen LogP contribution is 2.52. The number of carbonyl (C=O) groups is 1. The first-order valence-corrected chi connectivity index (χ1v) is 10.5. The molecular weight excluding hydrogens is 324 g/mol. The van der Waals surface area contributed by atoms with E-state index in [-0.39, 0.29) is 23.9 Å². The summed E-state index contributed by atoms with van der Waals surface area (Å²) in [4.78, 5) is 11.6. The van der Waals surface area contributed by atoms with Crippen molar-refractivity contribution in [1.29, 1.82) is 0 Å². The first-order valence-electron chi connectivity index (χ1n) is 10.5. The smallest absolute Gasteiger partial charge is 0.309 e. The van der Waals surface area contributed by atoms with Crippen molar-refractivity contribution in [3.8, 4) is 0 Å². The van der Waals surface area contributed by atoms with E-state index in [0.717, 1.165) is 0 Å². The lowest BCUT2D eigenvalue weighted by molar-refractivity contribution is -0.156. The number of cyclic esters (lactones) is 1. The van der Waals surface area contributed by atoms with E-state index in [1.807, 2.05) is 6.08 Å². The van der Waals surface area contributed by atoms with Gasteiger partial charge in [0, 0.05) is 6.42 Å². The lowest BCUT2D eigenvalue weighted by Crippen LogP contribution is -2.34. The van der Waals surface area contributed by atoms with Crippen LogP contribution in [0.3, 0.4) is 0 Å². The zero-order valence-corrected chi connectivity index (χ0v) is 17.0. The number of aliphatic hydroxyl groups is 1. The van der Waals surface area contributed by atoms with Crippen LogP contribution in [0.5, 0.6) is 0 Å². The fraction of sp³-hybridized carbons (Fsp3) is 0.783. The second-order valence-electron chi connectivity index (χ2n) is 10.2. The molecule has 2 fully saturated rings. The molecule has 2 atom stereocenters. The van der Waals surface area contributed by atoms with Crippen LogP contribution in [-0.2, 0) is 9.53 Å². The molecule has 0 aromatic carbocycles. The number of allylic oxidation sites excluding steroid dienone is 3. The number of hydrogen-bond donors (Lipinski definition) is 1. The number of carbonyl (C=O) groups excluding carboxylic acids is 1. The molecule has 0 unspecified atom stereocenters. The molecule has 26 heavy (non-hydrogen) atoms. The summed E-state index contributed by atoms with van der Waals surface area (Å²) < 4.78 is 5.43. The van der Waals surface area contributed by atoms with Gasteiger partial charge in [-0.15, -0.1) is 0 Å². The molecule has 0 aromatic heterocycles. The minimum absolute atomic E-state index is 0.125. The zero-order chi connectivity index (χ0) is 18.9. The van der Waals surface area contributed by atoms with Crippen molar-refractivity contribution < 1.29 is 14.6 Å². The Kier molecular flexibility index (Phi) is 5.67. The van der Waals surface area contributed by atoms with E-state index in [9.17, 15) is 9.90 Å². The van der Waals surface area contributed by atoms with Gasteiger partial charge in [0.2, 0.25) is 0 Å². The monoisotopic (exact) mass is 360 g/mol. The average Bonchev–Trinajstić information content (AvgIpc) is 2.51. The van der Waals surface area contributed by atoms with Gasteiger partial charge in [0.1, 0.15) is 6.10 Å². The molecule has 0 bridgehead atoms. The van der Waals surface area contributed by atoms with Gasteiger partial charge in [-0.1, -0.05) is 58.6 Å². The average molecular weight is 361 g/mol. The summed E-state index contributed by atoms with van der Waals surface area (Å²) in [7, 11) is 0. The molecule has 0 spiro atoms. The predicted octanol–water partition coefficient (Wildman–Crippen LogP) is 5.33. The minimum atomic E-state index is -0.573. The summed E-state index contributed by atoms with van der Waals surface area (Å²) in [6, 6.07) is 0. The molecule has 0 aromatic rings. The molecule has 1 saturated carbocycles. The number of hydrogen-bond acceptors (Lipinski definition) is 3. The standard InChI is InChI=1S/C23H36O3/c1-22(2)14-19(16-8-6-5-7-9-16)20(23(3,4)15-22)11-10-18-12-17(24)13-21(25)26-18/h10-11,16-18,24H,5-9,12-15H2,1-4H3/b11-10+/t17-,18-/m1/s1. The Morgan fingerprint density at radius 1 is 1.12 bits per heavy atom. The van der Waals surface area contributed by atoms with Gasteiger partial charge < -0.3 is 9.84 Å². The van der Waals surface area contributed by atoms with E-state index in [1.165, 1.54) is 50.5 Å². The molecule has 3 nitrogen and oxygen atoms in total. The third-order valence-corrected chi connectivity index (χ3v) is 6.43. The maximum Gasteiger partial charge on any atom is 0.309 e. The van der Waals surface area contributed by atoms with E-state index in [4.69, 9.17) is 4.74 Å². The third-order valence-electron chi connectivity index (χ3n) is 6.43. The predicted molar refractivity (Wildman–Crippen MR) is 105 cm³/mol. The van der Waals surface area contributed by atoms with E-state index in [0.29, 0.717) is 17.8 Å². The fourth-order valence-electron chi connectivity index (χ4n) is 5.68. The van der Waals surface area contributed by atoms with Crippen molar-refractivity contribution in [2.75, 3.05) is 0 Å². The van der Waals surface area contributed by atoms with Crippen molar-refractivity contribution >= 4 is 5.97 Å². The number of esters is 1. The second-order valence-corrected chi connectivity index (χ2v) is 10.2. The Hall–Kier alpha value is -1.09. The summed E-state index contributed by atoms with van der Waals surface area (Å²) in [6.07, 6.45) is 13.1. The summed E-state index contributed by atoms with van der Waals surface area (Å²) in [5.74, 6) is 0.422. The summed E-state index contributed by atoms with van der Waals surface area (Å²) in [5, 5.41) is 9.87. The largest absolute Gasteiger partial charge is 0.458 e. The summed E-state index contributed by atoms with van der Waals surface area (Å²) in [5.41, 5.74) is 3.56. The second kappa shape index (κ2) is 7.50. The van der Waals surface area contributed by atoms with Crippen molar-refractivity contribution in [3.05, 3.63) is 23.3 Å². The van der Waals surface area contributed by atoms with Crippen molar-refractivity contribution in [1.82, 2.24) is 0 Å². The molecule has 2 aliphatic carbocycles. The molecule has 3 aliphatic rings. The summed E-state index contributed by atoms with van der Waals surface area (Å²) >= 11 is 0. The van der Waals surface area contributed by atoms with Gasteiger partial charge in [-0.2, -0.15) is 0 Å². The Morgan fingerprint density at radius 2 is 1.81 bits per heavy atom. The topological polar surface area (TPSA) is 46.5 Å². The van der Waals surface area contributed by atoms with Crippen LogP contribution in [0.15, 0.2) is 23.3 Å². The van der Waals surface area contributed by atoms with Gasteiger partial charge in [0.15, 0.2) is 0 Å². The Labute approximate surface area is 158 Å². The molecule has 0 radical (unpaired) electrons. The molecule has 3 heteroatoms. The van der Waals surface area contributed by atoms with E-state index in [1.54, 1.807) is 5.57 Å². The highest BCUT2D eigenvalue weighted by Gasteiger charge is 2.40. The van der Waals surface area contributed by atoms with Gasteiger partial charge in [0.25, 0.3) is 0 Å². The van der Waals surface area contributed by atoms with Crippen molar-refractivity contribution in [3.63, 3.8) is 0 Å². The summed E-state index contributed by atoms with van der Waals surface area (Å²) in [6.45, 7) is 9.52. The lowest BCUT2D eigenvalue weighted by atomic mass is 9.59. The molecular formula is C23H36O3. The van der Waals surface area contributed by atoms with E-state index >= 15 is 0 Å². The van der Waals surface area contributed by atoms with Gasteiger partial charge in [0.05, 0.1) is 12.5 Å². The van der Waals surface area contributed by atoms with Crippen LogP contribution in [0.4, 0.5) is 0 Å². The third kappa shape index (κ3) is 4.60. The van der Waals surface area contributed by atoms with Crippen LogP contribution in [0.1, 0.15) is 85.5 Å². The molecule has 0 amide bonds. The first kappa shape index (κ1) is 19.7. The van der Waals surface area contributed by atoms with Crippen molar-refractivity contribution in [2.45, 2.75) is 97.7 Å². The Morgan fingerprint density at radius 3 is 2.46 bits per heavy atom. The van der Waals surface area contributed by atoms with Crippen LogP contribution in [0, 0.1) is 16.7 Å². The SMILES string of the molecule is CC1(C)CC(C2CCCCC2)=C(/C=C/[C@@H]2C[C@@H](O)CC(=O)O2)C(C)(C)C1. The fourth-order valence-corrected chi connectivity index (χ4v) is 5.68. The van der Waals surface area contributed by atoms with Crippen LogP contribution in [0.2, 0.25) is 0 Å². The first-order chi connectivity index (χ1) is 12.2. The van der Waals surface area contributed by atoms with Crippen LogP contribution in [-0.4, -0.2) is 23.3 Å². The molecule has 1 saturated heterocycles. The van der Waals surface area contributed by atoms with Crippen LogP contribution in [0.25, 0.3) is 0 Å². The Bertz CT molecular complexity index is 591. The number of ether oxygens (including phenoxy) is 1. The van der Waals surface area contributed by atoms with Gasteiger partial charge in [-0.3, -0.25) is 4.79 Å². The van der Waals surface area contributed by atoms with Gasteiger partial charge >= 0.3 is 5.97 Å². The van der Waals surface area contributed by atoms with Crippen LogP contribution >= 0.6 is 0 Å². The number of aliphatic hydroxyl groups excluding tert-OH is 1. The molecule has 3 rings (SSSR count). The molecule has 1 heterocycles. The molecule has 146 valence electrons. The highest BCUT2D eigenvalue weighted by molar-refractivity contribution is 5.71. The van der Waals surface area contributed by atoms with Gasteiger partial charge in [-0.25, -0.2) is 0 Å². The quantitative estimate of drug-likeness (QED) is 0.692. The van der Waals surface area contributed by atoms with E-state index < -0.39 is 6.10 Å². The minimum Gasteiger partial charge on any atom is -0.458 e. The zero-order valence-electron chi connectivity index (χ0n) is 17.0. The van der Waals surface area contributed by atoms with Crippen LogP contribution < -0.4 is 0 Å². The van der Waals surface area contributed by atoms with E-state index in [2.05, 4.69) is 33.8 Å². The number of rotatable bonds is 3. The maximum atomic E-state index is 11.6. The maximum absolute atomic E-state index is 11.6. The molecule has 1 aliphatic heterocycles. The Balaban J connectivity index is 1.90.